The van der Waals surface area contributed by atoms with Crippen LogP contribution in [0, 0.1) is 0 Å². The zero-order valence-electron chi connectivity index (χ0n) is 8.05. The molecule has 0 aliphatic heterocycles. The van der Waals surface area contributed by atoms with Crippen molar-refractivity contribution in [1.29, 1.82) is 0 Å². The molecular weight excluding hydrogens is 230 g/mol. The van der Waals surface area contributed by atoms with Crippen LogP contribution in [0.25, 0.3) is 11.4 Å². The predicted molar refractivity (Wildman–Crippen MR) is 60.8 cm³/mol. The van der Waals surface area contributed by atoms with Crippen LogP contribution >= 0.6 is 11.6 Å². The van der Waals surface area contributed by atoms with Crippen molar-refractivity contribution in [3.05, 3.63) is 23.2 Å². The largest absolute Gasteiger partial charge is 0.507 e. The first-order valence-electron chi connectivity index (χ1n) is 4.33. The van der Waals surface area contributed by atoms with Crippen molar-refractivity contribution in [2.24, 2.45) is 0 Å². The fourth-order valence-electron chi connectivity index (χ4n) is 1.26. The molecule has 7 heteroatoms. The lowest BCUT2D eigenvalue weighted by molar-refractivity contribution is 0.477. The topological polar surface area (TPSA) is 111 Å². The van der Waals surface area contributed by atoms with Gasteiger partial charge < -0.3 is 16.6 Å². The Balaban J connectivity index is 2.67. The molecule has 0 bridgehead atoms. The Bertz CT molecular complexity index is 505. The molecule has 1 heterocycles. The van der Waals surface area contributed by atoms with E-state index in [1.807, 2.05) is 0 Å². The van der Waals surface area contributed by atoms with Crippen LogP contribution < -0.4 is 11.5 Å². The first kappa shape index (κ1) is 10.4. The maximum atomic E-state index is 9.66. The summed E-state index contributed by atoms with van der Waals surface area (Å²) >= 11 is 5.93. The summed E-state index contributed by atoms with van der Waals surface area (Å²) in [6, 6.07) is 4.68. The number of benzene rings is 1. The number of hydrogen-bond acceptors (Lipinski definition) is 6. The minimum Gasteiger partial charge on any atom is -0.507 e. The molecule has 0 aliphatic carbocycles. The quantitative estimate of drug-likeness (QED) is 0.684. The van der Waals surface area contributed by atoms with Crippen LogP contribution in [0.4, 0.5) is 11.9 Å². The maximum Gasteiger partial charge on any atom is 0.225 e. The lowest BCUT2D eigenvalue weighted by atomic mass is 10.2. The summed E-state index contributed by atoms with van der Waals surface area (Å²) < 4.78 is 0. The van der Waals surface area contributed by atoms with Gasteiger partial charge in [-0.15, -0.1) is 0 Å². The average molecular weight is 238 g/mol. The molecule has 0 aliphatic rings. The molecule has 0 unspecified atom stereocenters. The van der Waals surface area contributed by atoms with Crippen LogP contribution in [0.3, 0.4) is 0 Å². The average Bonchev–Trinajstić information content (AvgIpc) is 2.15. The predicted octanol–water partition coefficient (Wildman–Crippen LogP) is 1.06. The standard InChI is InChI=1S/C9H8ClN5O/c10-4-2-1-3-5(16)6(4)7-13-8(11)15-9(12)14-7/h1-3,16H,(H4,11,12,13,14,15). The Morgan fingerprint density at radius 1 is 1.06 bits per heavy atom. The van der Waals surface area contributed by atoms with E-state index in [1.165, 1.54) is 6.07 Å². The lowest BCUT2D eigenvalue weighted by Gasteiger charge is -2.06. The molecule has 6 nitrogen and oxygen atoms in total. The minimum absolute atomic E-state index is 0.0261. The van der Waals surface area contributed by atoms with Gasteiger partial charge in [-0.3, -0.25) is 0 Å². The Hall–Kier alpha value is -2.08. The number of rotatable bonds is 1. The van der Waals surface area contributed by atoms with E-state index < -0.39 is 0 Å². The van der Waals surface area contributed by atoms with Crippen LogP contribution in [0.5, 0.6) is 5.75 Å². The van der Waals surface area contributed by atoms with E-state index in [-0.39, 0.29) is 29.0 Å². The highest BCUT2D eigenvalue weighted by Gasteiger charge is 2.13. The molecular formula is C9H8ClN5O. The summed E-state index contributed by atoms with van der Waals surface area (Å²) in [5.74, 6) is 0.0502. The van der Waals surface area contributed by atoms with Gasteiger partial charge >= 0.3 is 0 Å². The van der Waals surface area contributed by atoms with Gasteiger partial charge in [-0.25, -0.2) is 0 Å². The van der Waals surface area contributed by atoms with Crippen molar-refractivity contribution in [1.82, 2.24) is 15.0 Å². The third kappa shape index (κ3) is 1.82. The summed E-state index contributed by atoms with van der Waals surface area (Å²) in [6.07, 6.45) is 0. The number of hydrogen-bond donors (Lipinski definition) is 3. The third-order valence-corrected chi connectivity index (χ3v) is 2.20. The molecule has 82 valence electrons. The summed E-state index contributed by atoms with van der Waals surface area (Å²) in [7, 11) is 0. The van der Waals surface area contributed by atoms with Crippen LogP contribution in [-0.4, -0.2) is 20.1 Å². The number of aromatic nitrogens is 3. The van der Waals surface area contributed by atoms with Gasteiger partial charge in [0.15, 0.2) is 5.82 Å². The number of anilines is 2. The molecule has 0 amide bonds. The Kier molecular flexibility index (Phi) is 2.49. The number of phenols is 1. The number of phenolic OH excluding ortho intramolecular Hbond substituents is 1. The molecule has 0 atom stereocenters. The number of halogens is 1. The third-order valence-electron chi connectivity index (χ3n) is 1.89. The van der Waals surface area contributed by atoms with E-state index >= 15 is 0 Å². The van der Waals surface area contributed by atoms with E-state index in [0.717, 1.165) is 0 Å². The van der Waals surface area contributed by atoms with Gasteiger partial charge in [-0.2, -0.15) is 15.0 Å². The number of nitrogens with two attached hydrogens (primary N) is 2. The summed E-state index contributed by atoms with van der Waals surface area (Å²) in [5, 5.41) is 9.97. The summed E-state index contributed by atoms with van der Waals surface area (Å²) in [5.41, 5.74) is 11.1. The van der Waals surface area contributed by atoms with Crippen molar-refractivity contribution >= 4 is 23.5 Å². The number of nitrogens with zero attached hydrogens (tertiary/aromatic N) is 3. The molecule has 0 radical (unpaired) electrons. The van der Waals surface area contributed by atoms with Crippen LogP contribution in [0.2, 0.25) is 5.02 Å². The SMILES string of the molecule is Nc1nc(N)nc(-c2c(O)cccc2Cl)n1. The van der Waals surface area contributed by atoms with Crippen molar-refractivity contribution in [3.63, 3.8) is 0 Å². The van der Waals surface area contributed by atoms with E-state index in [9.17, 15) is 5.11 Å². The first-order chi connectivity index (χ1) is 7.58. The molecule has 0 spiro atoms. The van der Waals surface area contributed by atoms with E-state index in [2.05, 4.69) is 15.0 Å². The van der Waals surface area contributed by atoms with Gasteiger partial charge in [0, 0.05) is 0 Å². The van der Waals surface area contributed by atoms with Gasteiger partial charge in [0.2, 0.25) is 11.9 Å². The molecule has 0 fully saturated rings. The van der Waals surface area contributed by atoms with Crippen LogP contribution in [0.1, 0.15) is 0 Å². The molecule has 1 aromatic heterocycles. The second kappa shape index (κ2) is 3.82. The van der Waals surface area contributed by atoms with Crippen molar-refractivity contribution in [2.75, 3.05) is 11.5 Å². The lowest BCUT2D eigenvalue weighted by Crippen LogP contribution is -2.04. The zero-order valence-corrected chi connectivity index (χ0v) is 8.81. The minimum atomic E-state index is -0.0440. The zero-order chi connectivity index (χ0) is 11.7. The molecule has 0 saturated carbocycles. The Morgan fingerprint density at radius 2 is 1.69 bits per heavy atom. The van der Waals surface area contributed by atoms with Gasteiger partial charge in [-0.1, -0.05) is 17.7 Å². The fourth-order valence-corrected chi connectivity index (χ4v) is 1.51. The first-order valence-corrected chi connectivity index (χ1v) is 4.70. The second-order valence-electron chi connectivity index (χ2n) is 3.01. The smallest absolute Gasteiger partial charge is 0.225 e. The molecule has 1 aromatic carbocycles. The molecule has 2 aromatic rings. The van der Waals surface area contributed by atoms with Gasteiger partial charge in [-0.05, 0) is 12.1 Å². The van der Waals surface area contributed by atoms with Crippen molar-refractivity contribution in [3.8, 4) is 17.1 Å². The highest BCUT2D eigenvalue weighted by molar-refractivity contribution is 6.33. The fraction of sp³-hybridized carbons (Fsp3) is 0. The maximum absolute atomic E-state index is 9.66. The molecule has 16 heavy (non-hydrogen) atoms. The normalized spacial score (nSPS) is 10.3. The molecule has 0 saturated heterocycles. The summed E-state index contributed by atoms with van der Waals surface area (Å²) in [4.78, 5) is 11.3. The van der Waals surface area contributed by atoms with Crippen molar-refractivity contribution < 1.29 is 5.11 Å². The van der Waals surface area contributed by atoms with Gasteiger partial charge in [0.25, 0.3) is 0 Å². The number of nitrogen functional groups attached to an aromatic ring is 2. The monoisotopic (exact) mass is 237 g/mol. The van der Waals surface area contributed by atoms with Gasteiger partial charge in [0.1, 0.15) is 5.75 Å². The number of aromatic hydroxyl groups is 1. The van der Waals surface area contributed by atoms with Gasteiger partial charge in [0.05, 0.1) is 10.6 Å². The van der Waals surface area contributed by atoms with Crippen LogP contribution in [-0.2, 0) is 0 Å². The van der Waals surface area contributed by atoms with Crippen LogP contribution in [0.15, 0.2) is 18.2 Å². The van der Waals surface area contributed by atoms with E-state index in [0.29, 0.717) is 5.02 Å². The Morgan fingerprint density at radius 3 is 2.25 bits per heavy atom. The Labute approximate surface area is 95.9 Å². The molecule has 2 rings (SSSR count). The van der Waals surface area contributed by atoms with E-state index in [4.69, 9.17) is 23.1 Å². The van der Waals surface area contributed by atoms with E-state index in [1.54, 1.807) is 12.1 Å². The van der Waals surface area contributed by atoms with Crippen molar-refractivity contribution in [2.45, 2.75) is 0 Å². The molecule has 5 N–H and O–H groups in total. The highest BCUT2D eigenvalue weighted by Crippen LogP contribution is 2.33. The summed E-state index contributed by atoms with van der Waals surface area (Å²) in [6.45, 7) is 0. The highest BCUT2D eigenvalue weighted by atomic mass is 35.5. The second-order valence-corrected chi connectivity index (χ2v) is 3.42.